The number of nitrogens with zero attached hydrogens (tertiary/aromatic N) is 2. The third-order valence-corrected chi connectivity index (χ3v) is 11.0. The van der Waals surface area contributed by atoms with Crippen LogP contribution >= 0.6 is 11.3 Å². The number of aromatic nitrogens is 2. The third-order valence-electron chi connectivity index (χ3n) is 9.86. The monoisotopic (exact) mass is 588 g/mol. The molecule has 0 unspecified atom stereocenters. The van der Waals surface area contributed by atoms with Crippen molar-refractivity contribution >= 4 is 108 Å². The van der Waals surface area contributed by atoms with E-state index in [0.717, 1.165) is 11.0 Å². The molecule has 7 heterocycles. The molecule has 7 aromatic carbocycles. The topological polar surface area (TPSA) is 8.82 Å². The van der Waals surface area contributed by atoms with Crippen LogP contribution in [-0.4, -0.2) is 8.80 Å². The van der Waals surface area contributed by atoms with Crippen LogP contribution in [0, 0.1) is 0 Å². The number of thiophene rings is 1. The van der Waals surface area contributed by atoms with Gasteiger partial charge in [-0.15, -0.1) is 11.3 Å². The minimum atomic E-state index is 1.16. The second-order valence-corrected chi connectivity index (χ2v) is 13.3. The number of hydrogen-bond donors (Lipinski definition) is 0. The second kappa shape index (κ2) is 8.50. The largest absolute Gasteiger partial charge is 0.307 e. The highest BCUT2D eigenvalue weighted by Gasteiger charge is 2.17. The number of fused-ring (bicyclic) bond motifs is 4. The lowest BCUT2D eigenvalue weighted by atomic mass is 10.1. The van der Waals surface area contributed by atoms with Crippen LogP contribution in [-0.2, 0) is 0 Å². The van der Waals surface area contributed by atoms with Crippen LogP contribution in [0.5, 0.6) is 0 Å². The van der Waals surface area contributed by atoms with Gasteiger partial charge in [0.25, 0.3) is 0 Å². The summed E-state index contributed by atoms with van der Waals surface area (Å²) in [6, 6.07) is 54.5. The Morgan fingerprint density at radius 3 is 1.22 bits per heavy atom. The van der Waals surface area contributed by atoms with Gasteiger partial charge in [0.15, 0.2) is 0 Å². The fraction of sp³-hybridized carbons (Fsp3) is 0. The first-order chi connectivity index (χ1) is 22.3. The van der Waals surface area contributed by atoms with Crippen molar-refractivity contribution < 1.29 is 0 Å². The lowest BCUT2D eigenvalue weighted by Gasteiger charge is -2.05. The van der Waals surface area contributed by atoms with E-state index in [4.69, 9.17) is 0 Å². The molecule has 0 atom stereocenters. The van der Waals surface area contributed by atoms with Gasteiger partial charge in [0.2, 0.25) is 0 Å². The minimum Gasteiger partial charge on any atom is -0.307 e. The maximum absolute atomic E-state index is 2.47. The lowest BCUT2D eigenvalue weighted by molar-refractivity contribution is 1.30. The van der Waals surface area contributed by atoms with E-state index in [-0.39, 0.29) is 0 Å². The highest BCUT2D eigenvalue weighted by molar-refractivity contribution is 7.25. The molecule has 0 spiro atoms. The molecule has 0 N–H and O–H groups in total. The summed E-state index contributed by atoms with van der Waals surface area (Å²) < 4.78 is 7.60. The Labute approximate surface area is 261 Å². The lowest BCUT2D eigenvalue weighted by Crippen LogP contribution is -1.89. The van der Waals surface area contributed by atoms with Gasteiger partial charge in [-0.05, 0) is 82.2 Å². The summed E-state index contributed by atoms with van der Waals surface area (Å²) in [6.45, 7) is 0. The molecule has 2 nitrogen and oxygen atoms in total. The van der Waals surface area contributed by atoms with E-state index >= 15 is 0 Å². The summed E-state index contributed by atoms with van der Waals surface area (Å²) in [5.74, 6) is 0. The summed E-state index contributed by atoms with van der Waals surface area (Å²) in [7, 11) is 0. The molecule has 0 radical (unpaired) electrons. The first-order valence-electron chi connectivity index (χ1n) is 15.4. The summed E-state index contributed by atoms with van der Waals surface area (Å²) in [4.78, 5) is 0. The Morgan fingerprint density at radius 2 is 0.756 bits per heavy atom. The quantitative estimate of drug-likeness (QED) is 0.167. The van der Waals surface area contributed by atoms with Crippen molar-refractivity contribution in [2.45, 2.75) is 0 Å². The van der Waals surface area contributed by atoms with Crippen molar-refractivity contribution in [2.75, 3.05) is 0 Å². The van der Waals surface area contributed by atoms with Gasteiger partial charge in [-0.2, -0.15) is 0 Å². The van der Waals surface area contributed by atoms with Gasteiger partial charge < -0.3 is 8.80 Å². The Hall–Kier alpha value is -5.64. The van der Waals surface area contributed by atoms with Crippen molar-refractivity contribution in [2.24, 2.45) is 0 Å². The van der Waals surface area contributed by atoms with E-state index in [9.17, 15) is 0 Å². The van der Waals surface area contributed by atoms with Crippen LogP contribution in [0.2, 0.25) is 0 Å². The van der Waals surface area contributed by atoms with Gasteiger partial charge in [-0.3, -0.25) is 0 Å². The highest BCUT2D eigenvalue weighted by atomic mass is 32.1. The minimum absolute atomic E-state index is 1.16. The summed E-state index contributed by atoms with van der Waals surface area (Å²) in [5.41, 5.74) is 7.23. The zero-order valence-electron chi connectivity index (χ0n) is 24.2. The molecule has 0 aliphatic heterocycles. The van der Waals surface area contributed by atoms with Gasteiger partial charge in [-0.1, -0.05) is 84.9 Å². The first-order valence-corrected chi connectivity index (χ1v) is 16.3. The van der Waals surface area contributed by atoms with E-state index in [1.165, 1.54) is 85.3 Å². The molecule has 0 amide bonds. The Kier molecular flexibility index (Phi) is 4.49. The molecule has 0 saturated carbocycles. The average molecular weight is 589 g/mol. The second-order valence-electron chi connectivity index (χ2n) is 12.2. The predicted molar refractivity (Wildman–Crippen MR) is 195 cm³/mol. The SMILES string of the molecule is c1ccc2c(c1)c1ccc3c4ccccc4n4c5ccc(cc5)c5ccc6sc7ccc(cc7c6c5)c5ccc(cc5)n2c1c34. The van der Waals surface area contributed by atoms with Crippen molar-refractivity contribution in [3.05, 3.63) is 146 Å². The zero-order chi connectivity index (χ0) is 29.2. The third kappa shape index (κ3) is 3.13. The number of rotatable bonds is 0. The Morgan fingerprint density at radius 1 is 0.333 bits per heavy atom. The highest BCUT2D eigenvalue weighted by Crippen LogP contribution is 2.40. The van der Waals surface area contributed by atoms with E-state index in [0.29, 0.717) is 0 Å². The van der Waals surface area contributed by atoms with Crippen LogP contribution in [0.3, 0.4) is 0 Å². The summed E-state index contributed by atoms with van der Waals surface area (Å²) in [6.07, 6.45) is 0. The zero-order valence-corrected chi connectivity index (χ0v) is 25.0. The van der Waals surface area contributed by atoms with E-state index < -0.39 is 0 Å². The normalized spacial score (nSPS) is 12.4. The van der Waals surface area contributed by atoms with Crippen molar-refractivity contribution in [1.82, 2.24) is 8.80 Å². The first kappa shape index (κ1) is 23.8. The predicted octanol–water partition coefficient (Wildman–Crippen LogP) is 12.0. The molecule has 14 aromatic rings. The van der Waals surface area contributed by atoms with E-state index in [1.807, 2.05) is 11.3 Å². The molecule has 208 valence electrons. The van der Waals surface area contributed by atoms with E-state index in [2.05, 4.69) is 154 Å². The standard InChI is InChI=1S/C42H24N2S/c1-3-7-37-31(5-1)33-19-20-34-32-6-2-4-8-38(32)44-30-17-11-26(12-18-30)28-14-22-40-36(24-28)35-23-27(13-21-39(35)45-40)25-9-15-29(16-10-25)43(37)41(33)42(34)44/h1-24H. The van der Waals surface area contributed by atoms with Gasteiger partial charge in [0.1, 0.15) is 0 Å². The number of benzene rings is 7. The molecule has 3 heteroatoms. The van der Waals surface area contributed by atoms with Gasteiger partial charge in [-0.25, -0.2) is 0 Å². The number of para-hydroxylation sites is 2. The fourth-order valence-electron chi connectivity index (χ4n) is 7.78. The maximum atomic E-state index is 2.47. The molecule has 45 heavy (non-hydrogen) atoms. The van der Waals surface area contributed by atoms with Crippen molar-refractivity contribution in [3.63, 3.8) is 0 Å². The molecule has 14 rings (SSSR count). The van der Waals surface area contributed by atoms with Crippen LogP contribution < -0.4 is 0 Å². The molecule has 7 aromatic heterocycles. The smallest absolute Gasteiger partial charge is 0.0788 e. The van der Waals surface area contributed by atoms with Crippen molar-refractivity contribution in [1.29, 1.82) is 0 Å². The average Bonchev–Trinajstić information content (AvgIpc) is 3.75. The molecule has 0 saturated heterocycles. The Balaban J connectivity index is 1.46. The van der Waals surface area contributed by atoms with Crippen molar-refractivity contribution in [3.8, 4) is 0 Å². The molecule has 0 aliphatic rings. The maximum Gasteiger partial charge on any atom is 0.0788 e. The molecule has 0 aliphatic carbocycles. The van der Waals surface area contributed by atoms with E-state index in [1.54, 1.807) is 0 Å². The van der Waals surface area contributed by atoms with Crippen LogP contribution in [0.15, 0.2) is 146 Å². The van der Waals surface area contributed by atoms with Crippen LogP contribution in [0.4, 0.5) is 0 Å². The van der Waals surface area contributed by atoms with Gasteiger partial charge in [0, 0.05) is 52.8 Å². The van der Waals surface area contributed by atoms with Gasteiger partial charge >= 0.3 is 0 Å². The summed E-state index contributed by atoms with van der Waals surface area (Å²) in [5, 5.41) is 12.7. The molecular weight excluding hydrogens is 565 g/mol. The van der Waals surface area contributed by atoms with Gasteiger partial charge in [0.05, 0.1) is 22.1 Å². The van der Waals surface area contributed by atoms with Crippen LogP contribution in [0.1, 0.15) is 0 Å². The number of hydrogen-bond acceptors (Lipinski definition) is 1. The fourth-order valence-corrected chi connectivity index (χ4v) is 8.85. The van der Waals surface area contributed by atoms with Crippen LogP contribution in [0.25, 0.3) is 96.4 Å². The molecule has 0 fully saturated rings. The molecule has 8 bridgehead atoms. The summed E-state index contributed by atoms with van der Waals surface area (Å²) >= 11 is 1.87. The Bertz CT molecular complexity index is 2850. The molecular formula is C42H24N2S.